The number of hydrogen-bond acceptors (Lipinski definition) is 6. The summed E-state index contributed by atoms with van der Waals surface area (Å²) in [6.07, 6.45) is 2.08. The van der Waals surface area contributed by atoms with Crippen LogP contribution in [0.4, 0.5) is 0 Å². The zero-order valence-electron chi connectivity index (χ0n) is 25.8. The van der Waals surface area contributed by atoms with Gasteiger partial charge in [-0.3, -0.25) is 15.3 Å². The molecule has 3 N–H and O–H groups in total. The molecular formula is C31H53N7O2. The number of nitrogens with zero attached hydrogens (tertiary/aromatic N) is 4. The summed E-state index contributed by atoms with van der Waals surface area (Å²) in [4.78, 5) is 2.35. The zero-order chi connectivity index (χ0) is 28.6. The molecule has 0 aromatic carbocycles. The summed E-state index contributed by atoms with van der Waals surface area (Å²) in [6, 6.07) is 0. The number of fused-ring (bicyclic) bond motifs is 3. The molecule has 9 nitrogen and oxygen atoms in total. The van der Waals surface area contributed by atoms with Crippen LogP contribution in [0.2, 0.25) is 0 Å². The van der Waals surface area contributed by atoms with E-state index in [0.29, 0.717) is 6.61 Å². The van der Waals surface area contributed by atoms with Gasteiger partial charge in [-0.15, -0.1) is 0 Å². The Hall–Kier alpha value is -2.49. The lowest BCUT2D eigenvalue weighted by Crippen LogP contribution is -2.28. The van der Waals surface area contributed by atoms with Crippen LogP contribution in [0.1, 0.15) is 121 Å². The highest BCUT2D eigenvalue weighted by Gasteiger charge is 2.28. The quantitative estimate of drug-likeness (QED) is 0.321. The van der Waals surface area contributed by atoms with Crippen molar-refractivity contribution >= 4 is 0 Å². The molecule has 224 valence electrons. The Kier molecular flexibility index (Phi) is 9.74. The van der Waals surface area contributed by atoms with Crippen molar-refractivity contribution in [3.63, 3.8) is 0 Å². The number of hydrogen-bond donors (Lipinski definition) is 3. The topological polar surface area (TPSA) is 108 Å². The highest BCUT2D eigenvalue weighted by Crippen LogP contribution is 2.31. The van der Waals surface area contributed by atoms with Crippen molar-refractivity contribution in [3.8, 4) is 0 Å². The smallest absolute Gasteiger partial charge is 0.0890 e. The van der Waals surface area contributed by atoms with Gasteiger partial charge in [-0.05, 0) is 7.05 Å². The predicted octanol–water partition coefficient (Wildman–Crippen LogP) is 5.85. The van der Waals surface area contributed by atoms with Gasteiger partial charge in [0, 0.05) is 70.3 Å². The van der Waals surface area contributed by atoms with Crippen LogP contribution in [0.25, 0.3) is 0 Å². The lowest BCUT2D eigenvalue weighted by Gasteiger charge is -2.25. The van der Waals surface area contributed by atoms with E-state index < -0.39 is 0 Å². The molecule has 0 saturated carbocycles. The third-order valence-electron chi connectivity index (χ3n) is 7.40. The van der Waals surface area contributed by atoms with Gasteiger partial charge in [0.05, 0.1) is 49.2 Å². The Morgan fingerprint density at radius 3 is 1.60 bits per heavy atom. The van der Waals surface area contributed by atoms with Crippen molar-refractivity contribution in [3.05, 3.63) is 50.9 Å². The highest BCUT2D eigenvalue weighted by molar-refractivity contribution is 5.33. The van der Waals surface area contributed by atoms with Gasteiger partial charge in [0.25, 0.3) is 0 Å². The Labute approximate surface area is 241 Å². The van der Waals surface area contributed by atoms with Gasteiger partial charge in [0.1, 0.15) is 0 Å². The fourth-order valence-electron chi connectivity index (χ4n) is 5.33. The second-order valence-corrected chi connectivity index (χ2v) is 14.1. The van der Waals surface area contributed by atoms with E-state index in [-0.39, 0.29) is 23.7 Å². The molecular weight excluding hydrogens is 502 g/mol. The van der Waals surface area contributed by atoms with Gasteiger partial charge in [-0.2, -0.15) is 15.3 Å². The Balaban J connectivity index is 0.000000164. The average molecular weight is 556 g/mol. The summed E-state index contributed by atoms with van der Waals surface area (Å²) in [7, 11) is 2.17. The largest absolute Gasteiger partial charge is 0.376 e. The molecule has 0 radical (unpaired) electrons. The number of aromatic amines is 3. The van der Waals surface area contributed by atoms with Gasteiger partial charge in [0.15, 0.2) is 0 Å². The Morgan fingerprint density at radius 2 is 1.05 bits per heavy atom. The molecule has 0 fully saturated rings. The molecule has 3 aromatic rings. The third-order valence-corrected chi connectivity index (χ3v) is 7.40. The Morgan fingerprint density at radius 1 is 0.600 bits per heavy atom. The van der Waals surface area contributed by atoms with Crippen LogP contribution in [-0.2, 0) is 64.9 Å². The van der Waals surface area contributed by atoms with Crippen LogP contribution < -0.4 is 0 Å². The molecule has 0 bridgehead atoms. The van der Waals surface area contributed by atoms with E-state index in [1.165, 1.54) is 33.8 Å². The van der Waals surface area contributed by atoms with Crippen molar-refractivity contribution in [2.24, 2.45) is 0 Å². The second-order valence-electron chi connectivity index (χ2n) is 14.1. The molecule has 0 saturated heterocycles. The SMILES string of the molecule is C.CC(C)(C)c1n[nH]c2c1COC2.CC(C)(C)c1n[nH]c2c1COCC2.CN1CCc2[nH]nc(C(C)(C)C)c2C1. The van der Waals surface area contributed by atoms with Crippen LogP contribution >= 0.6 is 0 Å². The molecule has 3 aliphatic rings. The second kappa shape index (κ2) is 12.2. The maximum Gasteiger partial charge on any atom is 0.0890 e. The third kappa shape index (κ3) is 7.22. The predicted molar refractivity (Wildman–Crippen MR) is 160 cm³/mol. The van der Waals surface area contributed by atoms with Crippen LogP contribution in [0, 0.1) is 0 Å². The highest BCUT2D eigenvalue weighted by atomic mass is 16.5. The molecule has 3 aromatic heterocycles. The van der Waals surface area contributed by atoms with Crippen molar-refractivity contribution in [1.29, 1.82) is 0 Å². The molecule has 9 heteroatoms. The van der Waals surface area contributed by atoms with E-state index in [9.17, 15) is 0 Å². The number of likely N-dealkylation sites (N-methyl/N-ethyl adjacent to an activating group) is 1. The minimum Gasteiger partial charge on any atom is -0.376 e. The van der Waals surface area contributed by atoms with Crippen LogP contribution in [0.15, 0.2) is 0 Å². The summed E-state index contributed by atoms with van der Waals surface area (Å²) in [5.74, 6) is 0. The standard InChI is InChI=1S/C11H19N3.C10H16N2O.C9H14N2O.CH4/c1-11(2,3)10-8-7-14(4)6-5-9(8)12-13-10;1-10(2,3)9-7-6-13-5-4-8(7)11-12-9;1-9(2,3)8-6-4-12-5-7(6)10-11-8;/h5-7H2,1-4H3,(H,12,13);4-6H2,1-3H3,(H,11,12);4-5H2,1-3H3,(H,10,11);1H4. The lowest BCUT2D eigenvalue weighted by molar-refractivity contribution is 0.109. The number of rotatable bonds is 0. The molecule has 0 amide bonds. The van der Waals surface area contributed by atoms with Crippen molar-refractivity contribution in [2.75, 3.05) is 20.2 Å². The van der Waals surface area contributed by atoms with Gasteiger partial charge < -0.3 is 14.4 Å². The number of nitrogens with one attached hydrogen (secondary N) is 3. The molecule has 0 spiro atoms. The molecule has 0 atom stereocenters. The van der Waals surface area contributed by atoms with Crippen LogP contribution in [0.3, 0.4) is 0 Å². The first-order valence-corrected chi connectivity index (χ1v) is 14.2. The van der Waals surface area contributed by atoms with E-state index in [1.807, 2.05) is 0 Å². The van der Waals surface area contributed by atoms with E-state index in [0.717, 1.165) is 62.8 Å². The summed E-state index contributed by atoms with van der Waals surface area (Å²) in [6.45, 7) is 24.8. The minimum absolute atomic E-state index is 0. The normalized spacial score (nSPS) is 16.9. The summed E-state index contributed by atoms with van der Waals surface area (Å²) < 4.78 is 10.7. The molecule has 3 aliphatic heterocycles. The zero-order valence-corrected chi connectivity index (χ0v) is 25.8. The van der Waals surface area contributed by atoms with Gasteiger partial charge in [0.2, 0.25) is 0 Å². The first-order valence-electron chi connectivity index (χ1n) is 14.2. The maximum absolute atomic E-state index is 5.43. The van der Waals surface area contributed by atoms with Gasteiger partial charge >= 0.3 is 0 Å². The van der Waals surface area contributed by atoms with Crippen LogP contribution in [0.5, 0.6) is 0 Å². The average Bonchev–Trinajstić information content (AvgIpc) is 3.59. The number of ether oxygens (including phenoxy) is 2. The Bertz CT molecular complexity index is 1250. The van der Waals surface area contributed by atoms with Crippen molar-refractivity contribution in [2.45, 2.75) is 125 Å². The summed E-state index contributed by atoms with van der Waals surface area (Å²) in [5.41, 5.74) is 11.7. The van der Waals surface area contributed by atoms with E-state index in [2.05, 4.69) is 105 Å². The molecule has 6 heterocycles. The molecule has 0 unspecified atom stereocenters. The molecule has 6 rings (SSSR count). The summed E-state index contributed by atoms with van der Waals surface area (Å²) in [5, 5.41) is 22.4. The van der Waals surface area contributed by atoms with Gasteiger partial charge in [-0.25, -0.2) is 0 Å². The van der Waals surface area contributed by atoms with E-state index in [4.69, 9.17) is 9.47 Å². The number of aromatic nitrogens is 6. The van der Waals surface area contributed by atoms with Crippen molar-refractivity contribution in [1.82, 2.24) is 35.5 Å². The molecule has 0 aliphatic carbocycles. The fraction of sp³-hybridized carbons (Fsp3) is 0.710. The van der Waals surface area contributed by atoms with E-state index >= 15 is 0 Å². The number of H-pyrrole nitrogens is 3. The minimum atomic E-state index is 0. The first-order chi connectivity index (χ1) is 18.2. The van der Waals surface area contributed by atoms with Crippen molar-refractivity contribution < 1.29 is 9.47 Å². The summed E-state index contributed by atoms with van der Waals surface area (Å²) >= 11 is 0. The fourth-order valence-corrected chi connectivity index (χ4v) is 5.33. The van der Waals surface area contributed by atoms with E-state index in [1.54, 1.807) is 0 Å². The monoisotopic (exact) mass is 555 g/mol. The molecule has 40 heavy (non-hydrogen) atoms. The van der Waals surface area contributed by atoms with Crippen LogP contribution in [-0.4, -0.2) is 55.7 Å². The van der Waals surface area contributed by atoms with Gasteiger partial charge in [-0.1, -0.05) is 69.7 Å². The first kappa shape index (κ1) is 32.0. The maximum atomic E-state index is 5.43. The lowest BCUT2D eigenvalue weighted by atomic mass is 9.87.